The van der Waals surface area contributed by atoms with Gasteiger partial charge in [0.15, 0.2) is 0 Å². The first kappa shape index (κ1) is 36.0. The summed E-state index contributed by atoms with van der Waals surface area (Å²) in [4.78, 5) is 57.3. The van der Waals surface area contributed by atoms with Crippen molar-refractivity contribution in [3.05, 3.63) is 83.7 Å². The van der Waals surface area contributed by atoms with Crippen LogP contribution in [0.15, 0.2) is 66.9 Å². The Morgan fingerprint density at radius 3 is 2.18 bits per heavy atom. The Labute approximate surface area is 296 Å². The predicted molar refractivity (Wildman–Crippen MR) is 187 cm³/mol. The summed E-state index contributed by atoms with van der Waals surface area (Å²) in [6.07, 6.45) is 3.03. The van der Waals surface area contributed by atoms with Crippen LogP contribution < -0.4 is 21.3 Å². The van der Waals surface area contributed by atoms with E-state index in [9.17, 15) is 28.0 Å². The number of halogens is 2. The average Bonchev–Trinajstić information content (AvgIpc) is 3.83. The predicted octanol–water partition coefficient (Wildman–Crippen LogP) is 3.70. The molecule has 1 saturated heterocycles. The number of aromatic nitrogens is 2. The topological polar surface area (TPSA) is 141 Å². The van der Waals surface area contributed by atoms with Gasteiger partial charge in [0.25, 0.3) is 5.91 Å². The molecule has 1 aliphatic heterocycles. The second-order valence-electron chi connectivity index (χ2n) is 13.9. The molecule has 2 heterocycles. The lowest BCUT2D eigenvalue weighted by atomic mass is 9.81. The van der Waals surface area contributed by atoms with Crippen molar-refractivity contribution in [3.8, 4) is 0 Å². The van der Waals surface area contributed by atoms with E-state index in [1.165, 1.54) is 22.5 Å². The fraction of sp³-hybridized carbons (Fsp3) is 0.486. The largest absolute Gasteiger partial charge is 0.339 e. The van der Waals surface area contributed by atoms with Gasteiger partial charge in [-0.05, 0) is 60.9 Å². The summed E-state index contributed by atoms with van der Waals surface area (Å²) < 4.78 is 29.3. The van der Waals surface area contributed by atoms with Gasteiger partial charge >= 0.3 is 6.03 Å². The first-order chi connectivity index (χ1) is 24.5. The lowest BCUT2D eigenvalue weighted by Gasteiger charge is -2.36. The lowest BCUT2D eigenvalue weighted by molar-refractivity contribution is -0.135. The number of alkyl halides is 2. The summed E-state index contributed by atoms with van der Waals surface area (Å²) in [5, 5.41) is 15.4. The molecule has 0 spiro atoms. The number of amides is 5. The van der Waals surface area contributed by atoms with Crippen LogP contribution in [0, 0.1) is 5.92 Å². The highest BCUT2D eigenvalue weighted by atomic mass is 19.3. The Bertz CT molecular complexity index is 1660. The molecule has 14 heteroatoms. The number of piperazine rings is 1. The minimum Gasteiger partial charge on any atom is -0.339 e. The summed E-state index contributed by atoms with van der Waals surface area (Å²) in [6, 6.07) is 16.6. The molecule has 272 valence electrons. The van der Waals surface area contributed by atoms with Crippen LogP contribution in [0.25, 0.3) is 0 Å². The number of nitrogens with one attached hydrogen (secondary N) is 4. The number of carbonyl (C=O) groups excluding carboxylic acids is 4. The SMILES string of the molecule is Cn1nccc1C(=O)N[C@H](C(=O)Nc1ccc(C[C@@H](NC(=O)NC2CC2)C(=O)N2CCN(Cc3ccccc3)CC2)cc1)C1CCC(F)(F)CC1. The van der Waals surface area contributed by atoms with Crippen molar-refractivity contribution in [3.63, 3.8) is 0 Å². The number of benzene rings is 2. The van der Waals surface area contributed by atoms with E-state index in [4.69, 9.17) is 0 Å². The Morgan fingerprint density at radius 2 is 1.55 bits per heavy atom. The van der Waals surface area contributed by atoms with Crippen LogP contribution >= 0.6 is 0 Å². The van der Waals surface area contributed by atoms with Crippen LogP contribution in [0.3, 0.4) is 0 Å². The number of nitrogens with zero attached hydrogens (tertiary/aromatic N) is 4. The van der Waals surface area contributed by atoms with Gasteiger partial charge in [0.05, 0.1) is 0 Å². The maximum absolute atomic E-state index is 14.0. The van der Waals surface area contributed by atoms with E-state index in [-0.39, 0.29) is 55.8 Å². The molecule has 3 fully saturated rings. The van der Waals surface area contributed by atoms with E-state index in [0.717, 1.165) is 38.0 Å². The first-order valence-corrected chi connectivity index (χ1v) is 17.7. The van der Waals surface area contributed by atoms with Gasteiger partial charge in [0, 0.05) is 77.0 Å². The van der Waals surface area contributed by atoms with E-state index >= 15 is 0 Å². The molecule has 51 heavy (non-hydrogen) atoms. The van der Waals surface area contributed by atoms with E-state index in [1.54, 1.807) is 36.2 Å². The van der Waals surface area contributed by atoms with E-state index in [0.29, 0.717) is 18.8 Å². The molecule has 0 radical (unpaired) electrons. The van der Waals surface area contributed by atoms with Crippen LogP contribution in [-0.2, 0) is 29.6 Å². The Kier molecular flexibility index (Phi) is 11.3. The second kappa shape index (κ2) is 16.0. The van der Waals surface area contributed by atoms with Crippen molar-refractivity contribution >= 4 is 29.4 Å². The van der Waals surface area contributed by atoms with Crippen LogP contribution in [-0.4, -0.2) is 93.6 Å². The maximum Gasteiger partial charge on any atom is 0.315 e. The molecule has 2 aromatic carbocycles. The van der Waals surface area contributed by atoms with Gasteiger partial charge in [-0.25, -0.2) is 13.6 Å². The third-order valence-corrected chi connectivity index (χ3v) is 9.97. The summed E-state index contributed by atoms with van der Waals surface area (Å²) in [5.74, 6) is -4.44. The van der Waals surface area contributed by atoms with Gasteiger partial charge in [-0.1, -0.05) is 42.5 Å². The second-order valence-corrected chi connectivity index (χ2v) is 13.9. The Hall–Kier alpha value is -4.85. The molecule has 12 nitrogen and oxygen atoms in total. The summed E-state index contributed by atoms with van der Waals surface area (Å²) in [6.45, 7) is 3.36. The number of urea groups is 1. The maximum atomic E-state index is 14.0. The average molecular weight is 705 g/mol. The quantitative estimate of drug-likeness (QED) is 0.227. The number of anilines is 1. The number of hydrogen-bond acceptors (Lipinski definition) is 6. The number of aryl methyl sites for hydroxylation is 1. The van der Waals surface area contributed by atoms with Crippen LogP contribution in [0.5, 0.6) is 0 Å². The monoisotopic (exact) mass is 704 g/mol. The molecule has 3 aromatic rings. The summed E-state index contributed by atoms with van der Waals surface area (Å²) >= 11 is 0. The minimum atomic E-state index is -2.79. The van der Waals surface area contributed by atoms with Gasteiger partial charge in [-0.3, -0.25) is 24.0 Å². The fourth-order valence-electron chi connectivity index (χ4n) is 6.79. The van der Waals surface area contributed by atoms with Gasteiger partial charge < -0.3 is 26.2 Å². The van der Waals surface area contributed by atoms with E-state index < -0.39 is 35.7 Å². The zero-order chi connectivity index (χ0) is 36.0. The molecule has 4 N–H and O–H groups in total. The van der Waals surface area contributed by atoms with Crippen molar-refractivity contribution in [2.45, 2.75) is 75.5 Å². The number of carbonyl (C=O) groups is 4. The van der Waals surface area contributed by atoms with Crippen LogP contribution in [0.1, 0.15) is 60.1 Å². The lowest BCUT2D eigenvalue weighted by Crippen LogP contribution is -2.56. The van der Waals surface area contributed by atoms with E-state index in [1.807, 2.05) is 18.2 Å². The third-order valence-electron chi connectivity index (χ3n) is 9.97. The van der Waals surface area contributed by atoms with Crippen molar-refractivity contribution < 1.29 is 28.0 Å². The highest BCUT2D eigenvalue weighted by Gasteiger charge is 2.40. The molecule has 0 bridgehead atoms. The molecule has 0 unspecified atom stereocenters. The molecule has 5 amide bonds. The Balaban J connectivity index is 1.09. The fourth-order valence-corrected chi connectivity index (χ4v) is 6.79. The molecule has 2 saturated carbocycles. The molecular weight excluding hydrogens is 658 g/mol. The summed E-state index contributed by atoms with van der Waals surface area (Å²) in [5.41, 5.74) is 2.69. The first-order valence-electron chi connectivity index (χ1n) is 17.7. The van der Waals surface area contributed by atoms with E-state index in [2.05, 4.69) is 43.4 Å². The molecule has 6 rings (SSSR count). The highest BCUT2D eigenvalue weighted by Crippen LogP contribution is 2.38. The third kappa shape index (κ3) is 9.90. The Morgan fingerprint density at radius 1 is 0.863 bits per heavy atom. The standard InChI is InChI=1S/C37H46F2N8O4/c1-45-31(15-18-40-45)33(48)44-32(27-13-16-37(38,39)17-14-27)34(49)41-28-9-7-25(8-10-28)23-30(43-36(51)42-29-11-12-29)35(50)47-21-19-46(20-22-47)24-26-5-3-2-4-6-26/h2-10,15,18,27,29-30,32H,11-14,16-17,19-24H2,1H3,(H,41,49)(H,44,48)(H2,42,43,51)/t30-,32+/m1/s1. The summed E-state index contributed by atoms with van der Waals surface area (Å²) in [7, 11) is 1.60. The van der Waals surface area contributed by atoms with Gasteiger partial charge in [0.1, 0.15) is 17.8 Å². The van der Waals surface area contributed by atoms with Crippen molar-refractivity contribution in [2.24, 2.45) is 13.0 Å². The van der Waals surface area contributed by atoms with Crippen molar-refractivity contribution in [1.29, 1.82) is 0 Å². The minimum absolute atomic E-state index is 0.0918. The molecule has 2 aliphatic carbocycles. The zero-order valence-electron chi connectivity index (χ0n) is 28.8. The highest BCUT2D eigenvalue weighted by molar-refractivity contribution is 6.00. The smallest absolute Gasteiger partial charge is 0.315 e. The molecule has 3 aliphatic rings. The van der Waals surface area contributed by atoms with Crippen LogP contribution in [0.2, 0.25) is 0 Å². The van der Waals surface area contributed by atoms with Gasteiger partial charge in [0.2, 0.25) is 17.7 Å². The molecule has 1 aromatic heterocycles. The normalized spacial score (nSPS) is 19.1. The van der Waals surface area contributed by atoms with Crippen molar-refractivity contribution in [1.82, 2.24) is 35.5 Å². The molecule has 2 atom stereocenters. The number of rotatable bonds is 12. The van der Waals surface area contributed by atoms with Crippen LogP contribution in [0.4, 0.5) is 19.3 Å². The number of hydrogen-bond donors (Lipinski definition) is 4. The van der Waals surface area contributed by atoms with Gasteiger partial charge in [-0.2, -0.15) is 5.10 Å². The van der Waals surface area contributed by atoms with Gasteiger partial charge in [-0.15, -0.1) is 0 Å². The molecular formula is C37H46F2N8O4. The van der Waals surface area contributed by atoms with Crippen molar-refractivity contribution in [2.75, 3.05) is 31.5 Å². The zero-order valence-corrected chi connectivity index (χ0v) is 28.8.